The molecule has 0 saturated heterocycles. The van der Waals surface area contributed by atoms with Crippen LogP contribution in [0.2, 0.25) is 0 Å². The number of nitrogens with one attached hydrogen (secondary N) is 1. The minimum absolute atomic E-state index is 0.00138. The highest BCUT2D eigenvalue weighted by atomic mass is 32.3. The first kappa shape index (κ1) is 18.0. The Labute approximate surface area is 158 Å². The van der Waals surface area contributed by atoms with Crippen molar-refractivity contribution >= 4 is 37.3 Å². The molecule has 0 radical (unpaired) electrons. The molecule has 27 heavy (non-hydrogen) atoms. The Bertz CT molecular complexity index is 1050. The SMILES string of the molecule is O=C(Nc1ccc(N2S(=O)(=O)c3ccccc3S2(=O)=O)cc1)C1CCCC1. The maximum Gasteiger partial charge on any atom is 0.279 e. The van der Waals surface area contributed by atoms with Crippen molar-refractivity contribution < 1.29 is 21.6 Å². The molecule has 0 aromatic heterocycles. The summed E-state index contributed by atoms with van der Waals surface area (Å²) in [5.41, 5.74) is 0.507. The van der Waals surface area contributed by atoms with Gasteiger partial charge in [-0.15, -0.1) is 0 Å². The Morgan fingerprint density at radius 2 is 1.37 bits per heavy atom. The van der Waals surface area contributed by atoms with Gasteiger partial charge in [0.15, 0.2) is 0 Å². The number of hydrogen-bond acceptors (Lipinski definition) is 5. The lowest BCUT2D eigenvalue weighted by atomic mass is 10.1. The second-order valence-electron chi connectivity index (χ2n) is 6.67. The fourth-order valence-corrected chi connectivity index (χ4v) is 8.01. The van der Waals surface area contributed by atoms with Crippen molar-refractivity contribution in [3.05, 3.63) is 48.5 Å². The molecule has 1 N–H and O–H groups in total. The second kappa shape index (κ2) is 6.35. The zero-order chi connectivity index (χ0) is 19.2. The third-order valence-corrected chi connectivity index (χ3v) is 9.34. The van der Waals surface area contributed by atoms with E-state index >= 15 is 0 Å². The molecule has 7 nitrogen and oxygen atoms in total. The predicted octanol–water partition coefficient (Wildman–Crippen LogP) is 2.71. The highest BCUT2D eigenvalue weighted by Gasteiger charge is 2.47. The van der Waals surface area contributed by atoms with Gasteiger partial charge in [0.25, 0.3) is 20.0 Å². The number of sulfonamides is 2. The van der Waals surface area contributed by atoms with Crippen molar-refractivity contribution in [3.63, 3.8) is 0 Å². The van der Waals surface area contributed by atoms with Gasteiger partial charge in [-0.1, -0.05) is 25.0 Å². The molecule has 1 fully saturated rings. The molecule has 2 aliphatic rings. The van der Waals surface area contributed by atoms with E-state index in [1.54, 1.807) is 0 Å². The zero-order valence-electron chi connectivity index (χ0n) is 14.3. The van der Waals surface area contributed by atoms with E-state index in [0.717, 1.165) is 25.7 Å². The summed E-state index contributed by atoms with van der Waals surface area (Å²) in [4.78, 5) is 11.7. The van der Waals surface area contributed by atoms with Crippen LogP contribution in [0.5, 0.6) is 0 Å². The largest absolute Gasteiger partial charge is 0.326 e. The van der Waals surface area contributed by atoms with Gasteiger partial charge in [0.1, 0.15) is 9.79 Å². The number of nitrogens with zero attached hydrogens (tertiary/aromatic N) is 1. The molecule has 9 heteroatoms. The van der Waals surface area contributed by atoms with Crippen molar-refractivity contribution in [3.8, 4) is 0 Å². The zero-order valence-corrected chi connectivity index (χ0v) is 16.0. The van der Waals surface area contributed by atoms with E-state index in [2.05, 4.69) is 5.32 Å². The normalized spacial score (nSPS) is 20.4. The molecule has 0 bridgehead atoms. The Balaban J connectivity index is 1.64. The van der Waals surface area contributed by atoms with Crippen molar-refractivity contribution in [2.45, 2.75) is 35.5 Å². The van der Waals surface area contributed by atoms with Crippen molar-refractivity contribution in [1.29, 1.82) is 0 Å². The van der Waals surface area contributed by atoms with E-state index in [0.29, 0.717) is 9.40 Å². The number of hydrogen-bond donors (Lipinski definition) is 1. The molecule has 4 rings (SSSR count). The van der Waals surface area contributed by atoms with Gasteiger partial charge in [0.05, 0.1) is 5.69 Å². The van der Waals surface area contributed by atoms with Gasteiger partial charge in [0.2, 0.25) is 5.91 Å². The standard InChI is InChI=1S/C18H18N2O5S2/c21-18(13-5-1-2-6-13)19-14-9-11-15(12-10-14)20-26(22,23)16-7-3-4-8-17(16)27(20,24)25/h3-4,7-13H,1-2,5-6H2,(H,19,21). The maximum atomic E-state index is 12.7. The van der Waals surface area contributed by atoms with Crippen LogP contribution in [0.1, 0.15) is 25.7 Å². The average molecular weight is 406 g/mol. The smallest absolute Gasteiger partial charge is 0.279 e. The average Bonchev–Trinajstić information content (AvgIpc) is 3.22. The lowest BCUT2D eigenvalue weighted by Gasteiger charge is -2.17. The van der Waals surface area contributed by atoms with Gasteiger partial charge in [-0.05, 0) is 49.2 Å². The third-order valence-electron chi connectivity index (χ3n) is 4.91. The second-order valence-corrected chi connectivity index (χ2v) is 10.4. The van der Waals surface area contributed by atoms with Crippen molar-refractivity contribution in [2.75, 3.05) is 9.03 Å². The summed E-state index contributed by atoms with van der Waals surface area (Å²) in [6, 6.07) is 11.3. The number of amides is 1. The summed E-state index contributed by atoms with van der Waals surface area (Å²) in [5, 5.41) is 2.80. The van der Waals surface area contributed by atoms with E-state index in [1.165, 1.54) is 48.5 Å². The van der Waals surface area contributed by atoms with Crippen LogP contribution < -0.4 is 9.03 Å². The molecule has 1 aliphatic carbocycles. The summed E-state index contributed by atoms with van der Waals surface area (Å²) < 4.78 is 51.3. The van der Waals surface area contributed by atoms with Gasteiger partial charge in [0, 0.05) is 11.6 Å². The van der Waals surface area contributed by atoms with Gasteiger partial charge >= 0.3 is 0 Å². The van der Waals surface area contributed by atoms with E-state index in [9.17, 15) is 21.6 Å². The van der Waals surface area contributed by atoms with Crippen LogP contribution in [-0.2, 0) is 24.8 Å². The number of anilines is 2. The van der Waals surface area contributed by atoms with Crippen LogP contribution in [0.15, 0.2) is 58.3 Å². The quantitative estimate of drug-likeness (QED) is 0.845. The van der Waals surface area contributed by atoms with Crippen LogP contribution >= 0.6 is 0 Å². The Morgan fingerprint density at radius 3 is 1.89 bits per heavy atom. The topological polar surface area (TPSA) is 101 Å². The number of benzene rings is 2. The Kier molecular flexibility index (Phi) is 4.23. The molecule has 0 spiro atoms. The van der Waals surface area contributed by atoms with E-state index in [4.69, 9.17) is 0 Å². The summed E-state index contributed by atoms with van der Waals surface area (Å²) in [7, 11) is -8.40. The minimum atomic E-state index is -4.20. The molecule has 1 amide bonds. The van der Waals surface area contributed by atoms with Gasteiger partial charge in [-0.25, -0.2) is 0 Å². The first-order valence-corrected chi connectivity index (χ1v) is 11.5. The highest BCUT2D eigenvalue weighted by Crippen LogP contribution is 2.40. The van der Waals surface area contributed by atoms with Gasteiger partial charge in [-0.3, -0.25) is 4.79 Å². The van der Waals surface area contributed by atoms with Crippen molar-refractivity contribution in [1.82, 2.24) is 0 Å². The van der Waals surface area contributed by atoms with E-state index in [-0.39, 0.29) is 27.3 Å². The first-order valence-electron chi connectivity index (χ1n) is 8.62. The highest BCUT2D eigenvalue weighted by molar-refractivity contribution is 8.12. The molecule has 1 heterocycles. The monoisotopic (exact) mass is 406 g/mol. The predicted molar refractivity (Wildman–Crippen MR) is 100 cm³/mol. The number of rotatable bonds is 3. The van der Waals surface area contributed by atoms with E-state index < -0.39 is 20.0 Å². The van der Waals surface area contributed by atoms with Crippen LogP contribution in [0, 0.1) is 5.92 Å². The van der Waals surface area contributed by atoms with Crippen LogP contribution in [0.3, 0.4) is 0 Å². The molecule has 2 aromatic carbocycles. The number of carbonyl (C=O) groups excluding carboxylic acids is 1. The fourth-order valence-electron chi connectivity index (χ4n) is 3.56. The Morgan fingerprint density at radius 1 is 0.852 bits per heavy atom. The fraction of sp³-hybridized carbons (Fsp3) is 0.278. The molecule has 1 saturated carbocycles. The summed E-state index contributed by atoms with van der Waals surface area (Å²) in [5.74, 6) is -0.0624. The van der Waals surface area contributed by atoms with E-state index in [1.807, 2.05) is 0 Å². The molecule has 142 valence electrons. The number of carbonyl (C=O) groups is 1. The Hall–Kier alpha value is -2.39. The number of fused-ring (bicyclic) bond motifs is 1. The maximum absolute atomic E-state index is 12.7. The molecular weight excluding hydrogens is 388 g/mol. The molecule has 1 aliphatic heterocycles. The molecular formula is C18H18N2O5S2. The molecule has 0 unspecified atom stereocenters. The van der Waals surface area contributed by atoms with Crippen molar-refractivity contribution in [2.24, 2.45) is 5.92 Å². The van der Waals surface area contributed by atoms with Crippen LogP contribution in [0.25, 0.3) is 0 Å². The minimum Gasteiger partial charge on any atom is -0.326 e. The summed E-state index contributed by atoms with van der Waals surface area (Å²) >= 11 is 0. The summed E-state index contributed by atoms with van der Waals surface area (Å²) in [6.45, 7) is 0. The summed E-state index contributed by atoms with van der Waals surface area (Å²) in [6.07, 6.45) is 3.82. The molecule has 0 atom stereocenters. The molecule has 2 aromatic rings. The lowest BCUT2D eigenvalue weighted by Crippen LogP contribution is -2.30. The lowest BCUT2D eigenvalue weighted by molar-refractivity contribution is -0.119. The van der Waals surface area contributed by atoms with Crippen LogP contribution in [0.4, 0.5) is 11.4 Å². The van der Waals surface area contributed by atoms with Gasteiger partial charge < -0.3 is 5.32 Å². The van der Waals surface area contributed by atoms with Crippen LogP contribution in [-0.4, -0.2) is 22.7 Å². The first-order chi connectivity index (χ1) is 12.8. The third kappa shape index (κ3) is 2.90. The van der Waals surface area contributed by atoms with Gasteiger partial charge in [-0.2, -0.15) is 20.5 Å².